The van der Waals surface area contributed by atoms with Crippen LogP contribution in [0.15, 0.2) is 0 Å². The summed E-state index contributed by atoms with van der Waals surface area (Å²) >= 11 is 0. The van der Waals surface area contributed by atoms with Gasteiger partial charge in [-0.3, -0.25) is 0 Å². The lowest BCUT2D eigenvalue weighted by Crippen LogP contribution is -2.39. The number of nitrogens with zero attached hydrogens (tertiary/aromatic N) is 1. The Kier molecular flexibility index (Phi) is 7.92. The van der Waals surface area contributed by atoms with Crippen molar-refractivity contribution in [1.29, 1.82) is 0 Å². The summed E-state index contributed by atoms with van der Waals surface area (Å²) < 4.78 is 0. The maximum atomic E-state index is 2.75. The predicted molar refractivity (Wildman–Crippen MR) is 72.9 cm³/mol. The summed E-state index contributed by atoms with van der Waals surface area (Å²) in [6.45, 7) is 7.38. The van der Waals surface area contributed by atoms with Gasteiger partial charge in [0.2, 0.25) is 0 Å². The topological polar surface area (TPSA) is 3.24 Å². The number of unbranched alkanes of at least 4 members (excludes halogenated alkanes) is 5. The van der Waals surface area contributed by atoms with Crippen LogP contribution in [0.2, 0.25) is 0 Å². The van der Waals surface area contributed by atoms with Crippen molar-refractivity contribution in [3.05, 3.63) is 0 Å². The van der Waals surface area contributed by atoms with Crippen LogP contribution >= 0.6 is 0 Å². The summed E-state index contributed by atoms with van der Waals surface area (Å²) in [7, 11) is 0. The van der Waals surface area contributed by atoms with Gasteiger partial charge in [-0.1, -0.05) is 52.4 Å². The summed E-state index contributed by atoms with van der Waals surface area (Å²) in [5, 5.41) is 0. The zero-order chi connectivity index (χ0) is 11.6. The standard InChI is InChI=1S/C15H31N/c1-3-5-6-7-8-10-13-16-14-11-9-12-15(16)4-2/h15H,3-14H2,1-2H3. The van der Waals surface area contributed by atoms with Gasteiger partial charge in [0.1, 0.15) is 0 Å². The first-order valence-corrected chi connectivity index (χ1v) is 7.62. The minimum Gasteiger partial charge on any atom is -0.300 e. The number of likely N-dealkylation sites (tertiary alicyclic amines) is 1. The van der Waals surface area contributed by atoms with Gasteiger partial charge in [-0.25, -0.2) is 0 Å². The number of rotatable bonds is 8. The fraction of sp³-hybridized carbons (Fsp3) is 1.00. The Morgan fingerprint density at radius 2 is 1.69 bits per heavy atom. The summed E-state index contributed by atoms with van der Waals surface area (Å²) in [6.07, 6.45) is 14.3. The van der Waals surface area contributed by atoms with Crippen molar-refractivity contribution >= 4 is 0 Å². The Hall–Kier alpha value is -0.0400. The summed E-state index contributed by atoms with van der Waals surface area (Å²) in [5.74, 6) is 0. The lowest BCUT2D eigenvalue weighted by molar-refractivity contribution is 0.141. The monoisotopic (exact) mass is 225 g/mol. The molecule has 1 rings (SSSR count). The van der Waals surface area contributed by atoms with Crippen molar-refractivity contribution in [2.45, 2.75) is 84.1 Å². The molecule has 1 aliphatic heterocycles. The molecule has 0 amide bonds. The molecule has 0 aliphatic carbocycles. The summed E-state index contributed by atoms with van der Waals surface area (Å²) in [6, 6.07) is 0.907. The van der Waals surface area contributed by atoms with Crippen LogP contribution in [0.5, 0.6) is 0 Å². The third-order valence-corrected chi connectivity index (χ3v) is 4.02. The first kappa shape index (κ1) is 14.0. The van der Waals surface area contributed by atoms with Gasteiger partial charge in [-0.2, -0.15) is 0 Å². The van der Waals surface area contributed by atoms with E-state index in [4.69, 9.17) is 0 Å². The smallest absolute Gasteiger partial charge is 0.00926 e. The van der Waals surface area contributed by atoms with Crippen molar-refractivity contribution in [3.8, 4) is 0 Å². The van der Waals surface area contributed by atoms with E-state index < -0.39 is 0 Å². The Labute approximate surface area is 103 Å². The fourth-order valence-electron chi connectivity index (χ4n) is 2.91. The first-order chi connectivity index (χ1) is 7.88. The van der Waals surface area contributed by atoms with Gasteiger partial charge in [0.05, 0.1) is 0 Å². The van der Waals surface area contributed by atoms with Gasteiger partial charge in [0.25, 0.3) is 0 Å². The molecule has 96 valence electrons. The van der Waals surface area contributed by atoms with E-state index in [0.29, 0.717) is 0 Å². The molecule has 1 nitrogen and oxygen atoms in total. The molecule has 0 N–H and O–H groups in total. The highest BCUT2D eigenvalue weighted by atomic mass is 15.2. The van der Waals surface area contributed by atoms with Crippen LogP contribution in [-0.2, 0) is 0 Å². The van der Waals surface area contributed by atoms with E-state index in [1.807, 2.05) is 0 Å². The second kappa shape index (κ2) is 9.04. The van der Waals surface area contributed by atoms with Crippen molar-refractivity contribution < 1.29 is 0 Å². The fourth-order valence-corrected chi connectivity index (χ4v) is 2.91. The Bertz CT molecular complexity index is 156. The highest BCUT2D eigenvalue weighted by molar-refractivity contribution is 4.75. The first-order valence-electron chi connectivity index (χ1n) is 7.62. The molecular formula is C15H31N. The van der Waals surface area contributed by atoms with Gasteiger partial charge in [-0.05, 0) is 38.8 Å². The number of hydrogen-bond acceptors (Lipinski definition) is 1. The van der Waals surface area contributed by atoms with E-state index in [-0.39, 0.29) is 0 Å². The van der Waals surface area contributed by atoms with Crippen LogP contribution < -0.4 is 0 Å². The van der Waals surface area contributed by atoms with E-state index in [2.05, 4.69) is 18.7 Å². The van der Waals surface area contributed by atoms with Gasteiger partial charge >= 0.3 is 0 Å². The van der Waals surface area contributed by atoms with Crippen LogP contribution in [0.1, 0.15) is 78.1 Å². The quantitative estimate of drug-likeness (QED) is 0.545. The number of piperidine rings is 1. The van der Waals surface area contributed by atoms with E-state index in [1.54, 1.807) is 0 Å². The normalized spacial score (nSPS) is 22.5. The zero-order valence-electron chi connectivity index (χ0n) is 11.5. The summed E-state index contributed by atoms with van der Waals surface area (Å²) in [4.78, 5) is 2.75. The third-order valence-electron chi connectivity index (χ3n) is 4.02. The molecule has 1 unspecified atom stereocenters. The minimum atomic E-state index is 0.907. The van der Waals surface area contributed by atoms with E-state index in [0.717, 1.165) is 6.04 Å². The lowest BCUT2D eigenvalue weighted by atomic mass is 9.99. The van der Waals surface area contributed by atoms with Crippen LogP contribution in [0.4, 0.5) is 0 Å². The molecule has 0 aromatic rings. The van der Waals surface area contributed by atoms with Gasteiger partial charge < -0.3 is 4.90 Å². The molecule has 0 aromatic heterocycles. The van der Waals surface area contributed by atoms with Gasteiger partial charge in [-0.15, -0.1) is 0 Å². The SMILES string of the molecule is CCCCCCCCN1CCCCC1CC. The van der Waals surface area contributed by atoms with Crippen molar-refractivity contribution in [2.24, 2.45) is 0 Å². The Morgan fingerprint density at radius 1 is 0.938 bits per heavy atom. The Morgan fingerprint density at radius 3 is 2.44 bits per heavy atom. The van der Waals surface area contributed by atoms with E-state index in [1.165, 1.54) is 77.3 Å². The molecule has 1 aliphatic rings. The van der Waals surface area contributed by atoms with Crippen LogP contribution in [0, 0.1) is 0 Å². The van der Waals surface area contributed by atoms with Gasteiger partial charge in [0, 0.05) is 6.04 Å². The molecule has 1 saturated heterocycles. The molecule has 0 spiro atoms. The van der Waals surface area contributed by atoms with Crippen molar-refractivity contribution in [2.75, 3.05) is 13.1 Å². The molecule has 1 atom stereocenters. The average Bonchev–Trinajstić information content (AvgIpc) is 2.34. The number of hydrogen-bond donors (Lipinski definition) is 0. The maximum Gasteiger partial charge on any atom is 0.00926 e. The molecule has 0 radical (unpaired) electrons. The second-order valence-electron chi connectivity index (χ2n) is 5.36. The molecule has 0 saturated carbocycles. The minimum absolute atomic E-state index is 0.907. The molecule has 0 bridgehead atoms. The highest BCUT2D eigenvalue weighted by Crippen LogP contribution is 2.20. The van der Waals surface area contributed by atoms with Crippen LogP contribution in [0.25, 0.3) is 0 Å². The molecule has 1 fully saturated rings. The van der Waals surface area contributed by atoms with Crippen molar-refractivity contribution in [1.82, 2.24) is 4.90 Å². The third kappa shape index (κ3) is 5.34. The highest BCUT2D eigenvalue weighted by Gasteiger charge is 2.19. The zero-order valence-corrected chi connectivity index (χ0v) is 11.5. The molecule has 1 heterocycles. The predicted octanol–water partition coefficient (Wildman–Crippen LogP) is 4.61. The molecular weight excluding hydrogens is 194 g/mol. The Balaban J connectivity index is 2.02. The van der Waals surface area contributed by atoms with Crippen molar-refractivity contribution in [3.63, 3.8) is 0 Å². The lowest BCUT2D eigenvalue weighted by Gasteiger charge is -2.35. The average molecular weight is 225 g/mol. The molecule has 1 heteroatoms. The summed E-state index contributed by atoms with van der Waals surface area (Å²) in [5.41, 5.74) is 0. The molecule has 16 heavy (non-hydrogen) atoms. The van der Waals surface area contributed by atoms with E-state index >= 15 is 0 Å². The van der Waals surface area contributed by atoms with Crippen LogP contribution in [0.3, 0.4) is 0 Å². The molecule has 0 aromatic carbocycles. The van der Waals surface area contributed by atoms with Crippen LogP contribution in [-0.4, -0.2) is 24.0 Å². The van der Waals surface area contributed by atoms with Gasteiger partial charge in [0.15, 0.2) is 0 Å². The maximum absolute atomic E-state index is 2.75. The largest absolute Gasteiger partial charge is 0.300 e. The van der Waals surface area contributed by atoms with E-state index in [9.17, 15) is 0 Å². The second-order valence-corrected chi connectivity index (χ2v) is 5.36.